The Hall–Kier alpha value is -3.52. The highest BCUT2D eigenvalue weighted by Gasteiger charge is 2.32. The molecule has 2 heterocycles. The Balaban J connectivity index is 1.61. The fraction of sp³-hybridized carbons (Fsp3) is 0.407. The maximum absolute atomic E-state index is 13.8. The molecule has 0 radical (unpaired) electrons. The molecule has 2 N–H and O–H groups in total. The Morgan fingerprint density at radius 1 is 1.17 bits per heavy atom. The van der Waals surface area contributed by atoms with Gasteiger partial charge in [-0.2, -0.15) is 0 Å². The van der Waals surface area contributed by atoms with Gasteiger partial charge in [0.1, 0.15) is 11.9 Å². The molecule has 35 heavy (non-hydrogen) atoms. The van der Waals surface area contributed by atoms with Gasteiger partial charge in [0.2, 0.25) is 5.91 Å². The van der Waals surface area contributed by atoms with E-state index >= 15 is 0 Å². The molecule has 2 atom stereocenters. The van der Waals surface area contributed by atoms with Crippen LogP contribution in [0.5, 0.6) is 0 Å². The minimum Gasteiger partial charge on any atom is -0.376 e. The highest BCUT2D eigenvalue weighted by atomic mass is 16.5. The van der Waals surface area contributed by atoms with Gasteiger partial charge in [-0.3, -0.25) is 14.4 Å². The van der Waals surface area contributed by atoms with Crippen LogP contribution in [0.25, 0.3) is 10.9 Å². The number of aromatic nitrogens is 2. The van der Waals surface area contributed by atoms with Crippen LogP contribution in [0.1, 0.15) is 48.4 Å². The van der Waals surface area contributed by atoms with Crippen molar-refractivity contribution in [3.05, 3.63) is 75.8 Å². The third-order valence-corrected chi connectivity index (χ3v) is 6.37. The van der Waals surface area contributed by atoms with Crippen molar-refractivity contribution >= 4 is 22.7 Å². The van der Waals surface area contributed by atoms with Gasteiger partial charge in [0.25, 0.3) is 11.5 Å². The minimum atomic E-state index is -0.740. The molecule has 0 unspecified atom stereocenters. The van der Waals surface area contributed by atoms with Crippen LogP contribution in [-0.4, -0.2) is 52.0 Å². The molecule has 0 bridgehead atoms. The first-order valence-corrected chi connectivity index (χ1v) is 12.1. The number of para-hydroxylation sites is 1. The summed E-state index contributed by atoms with van der Waals surface area (Å²) in [5.41, 5.74) is 1.71. The van der Waals surface area contributed by atoms with Crippen molar-refractivity contribution in [3.63, 3.8) is 0 Å². The van der Waals surface area contributed by atoms with Gasteiger partial charge in [-0.25, -0.2) is 4.98 Å². The number of hydrogen-bond donors (Lipinski definition) is 2. The summed E-state index contributed by atoms with van der Waals surface area (Å²) in [6.45, 7) is 6.81. The first-order chi connectivity index (χ1) is 16.8. The molecule has 1 aromatic heterocycles. The molecule has 2 aromatic carbocycles. The highest BCUT2D eigenvalue weighted by Crippen LogP contribution is 2.18. The van der Waals surface area contributed by atoms with Crippen molar-refractivity contribution in [1.82, 2.24) is 20.2 Å². The number of carbonyl (C=O) groups is 2. The number of H-pyrrole nitrogens is 1. The molecule has 1 aliphatic heterocycles. The van der Waals surface area contributed by atoms with Crippen molar-refractivity contribution in [2.45, 2.75) is 52.3 Å². The normalized spacial score (nSPS) is 16.4. The van der Waals surface area contributed by atoms with Crippen LogP contribution < -0.4 is 10.9 Å². The molecule has 0 spiro atoms. The van der Waals surface area contributed by atoms with E-state index in [2.05, 4.69) is 15.3 Å². The summed E-state index contributed by atoms with van der Waals surface area (Å²) >= 11 is 0. The second-order valence-corrected chi connectivity index (χ2v) is 9.39. The maximum atomic E-state index is 13.8. The average Bonchev–Trinajstić information content (AvgIpc) is 3.35. The van der Waals surface area contributed by atoms with Crippen LogP contribution >= 0.6 is 0 Å². The second kappa shape index (κ2) is 10.8. The summed E-state index contributed by atoms with van der Waals surface area (Å²) in [6, 6.07) is 13.7. The highest BCUT2D eigenvalue weighted by molar-refractivity contribution is 5.98. The summed E-state index contributed by atoms with van der Waals surface area (Å²) in [7, 11) is 0. The maximum Gasteiger partial charge on any atom is 0.258 e. The molecule has 8 nitrogen and oxygen atoms in total. The number of hydrogen-bond acceptors (Lipinski definition) is 5. The van der Waals surface area contributed by atoms with Crippen LogP contribution in [-0.2, 0) is 16.1 Å². The van der Waals surface area contributed by atoms with Crippen LogP contribution in [0.4, 0.5) is 0 Å². The van der Waals surface area contributed by atoms with E-state index < -0.39 is 6.04 Å². The van der Waals surface area contributed by atoms with Crippen molar-refractivity contribution in [3.8, 4) is 0 Å². The van der Waals surface area contributed by atoms with E-state index in [-0.39, 0.29) is 35.9 Å². The SMILES string of the molecule is Cc1ccccc1C(=O)N[C@@H](C(=O)N(Cc1nc2ccccc2c(=O)[nH]1)C[C@H]1CCCO1)C(C)C. The summed E-state index contributed by atoms with van der Waals surface area (Å²) in [5.74, 6) is -0.267. The molecular weight excluding hydrogens is 444 g/mol. The number of rotatable bonds is 8. The molecule has 3 aromatic rings. The molecule has 2 amide bonds. The van der Waals surface area contributed by atoms with Gasteiger partial charge in [0.05, 0.1) is 23.6 Å². The molecule has 184 valence electrons. The standard InChI is InChI=1S/C27H32N4O4/c1-17(2)24(30-25(32)20-11-5-4-9-18(20)3)27(34)31(15-19-10-8-14-35-19)16-23-28-22-13-7-6-12-21(22)26(33)29-23/h4-7,9,11-13,17,19,24H,8,10,14-16H2,1-3H3,(H,30,32)(H,28,29,33)/t19-,24-/m1/s1. The van der Waals surface area contributed by atoms with E-state index in [0.717, 1.165) is 18.4 Å². The fourth-order valence-electron chi connectivity index (χ4n) is 4.41. The number of carbonyl (C=O) groups excluding carboxylic acids is 2. The van der Waals surface area contributed by atoms with E-state index in [9.17, 15) is 14.4 Å². The Kier molecular flexibility index (Phi) is 7.60. The lowest BCUT2D eigenvalue weighted by molar-refractivity contribution is -0.136. The molecule has 0 aliphatic carbocycles. The van der Waals surface area contributed by atoms with Crippen molar-refractivity contribution in [2.75, 3.05) is 13.2 Å². The Morgan fingerprint density at radius 3 is 2.63 bits per heavy atom. The summed E-state index contributed by atoms with van der Waals surface area (Å²) in [4.78, 5) is 48.5. The second-order valence-electron chi connectivity index (χ2n) is 9.39. The molecule has 4 rings (SSSR count). The zero-order valence-electron chi connectivity index (χ0n) is 20.4. The Bertz CT molecular complexity index is 1260. The number of aromatic amines is 1. The molecule has 8 heteroatoms. The average molecular weight is 477 g/mol. The monoisotopic (exact) mass is 476 g/mol. The summed E-state index contributed by atoms with van der Waals surface area (Å²) in [5, 5.41) is 3.44. The van der Waals surface area contributed by atoms with Crippen LogP contribution in [0.2, 0.25) is 0 Å². The number of amides is 2. The van der Waals surface area contributed by atoms with Crippen LogP contribution in [0, 0.1) is 12.8 Å². The number of fused-ring (bicyclic) bond motifs is 1. The number of nitrogens with zero attached hydrogens (tertiary/aromatic N) is 2. The van der Waals surface area contributed by atoms with E-state index in [1.165, 1.54) is 0 Å². The smallest absolute Gasteiger partial charge is 0.258 e. The van der Waals surface area contributed by atoms with E-state index in [0.29, 0.717) is 35.4 Å². The van der Waals surface area contributed by atoms with Crippen LogP contribution in [0.3, 0.4) is 0 Å². The van der Waals surface area contributed by atoms with Gasteiger partial charge in [-0.15, -0.1) is 0 Å². The molecule has 1 fully saturated rings. The zero-order chi connectivity index (χ0) is 24.9. The Morgan fingerprint density at radius 2 is 1.91 bits per heavy atom. The first-order valence-electron chi connectivity index (χ1n) is 12.1. The molecule has 0 saturated carbocycles. The lowest BCUT2D eigenvalue weighted by atomic mass is 10.0. The topological polar surface area (TPSA) is 104 Å². The third-order valence-electron chi connectivity index (χ3n) is 6.37. The van der Waals surface area contributed by atoms with Crippen LogP contribution in [0.15, 0.2) is 53.3 Å². The quantitative estimate of drug-likeness (QED) is 0.520. The lowest BCUT2D eigenvalue weighted by Gasteiger charge is -2.31. The van der Waals surface area contributed by atoms with Crippen molar-refractivity contribution in [1.29, 1.82) is 0 Å². The fourth-order valence-corrected chi connectivity index (χ4v) is 4.41. The molecular formula is C27H32N4O4. The van der Waals surface area contributed by atoms with Crippen molar-refractivity contribution in [2.24, 2.45) is 5.92 Å². The number of aryl methyl sites for hydroxylation is 1. The van der Waals surface area contributed by atoms with Crippen molar-refractivity contribution < 1.29 is 14.3 Å². The Labute approximate surface area is 204 Å². The van der Waals surface area contributed by atoms with Gasteiger partial charge >= 0.3 is 0 Å². The molecule has 1 aliphatic rings. The predicted molar refractivity (Wildman–Crippen MR) is 134 cm³/mol. The van der Waals surface area contributed by atoms with E-state index in [4.69, 9.17) is 4.74 Å². The number of benzene rings is 2. The van der Waals surface area contributed by atoms with E-state index in [1.54, 1.807) is 35.2 Å². The largest absolute Gasteiger partial charge is 0.376 e. The van der Waals surface area contributed by atoms with Gasteiger partial charge < -0.3 is 19.9 Å². The minimum absolute atomic E-state index is 0.0917. The summed E-state index contributed by atoms with van der Waals surface area (Å²) < 4.78 is 5.80. The predicted octanol–water partition coefficient (Wildman–Crippen LogP) is 3.19. The zero-order valence-corrected chi connectivity index (χ0v) is 20.4. The van der Waals surface area contributed by atoms with E-state index in [1.807, 2.05) is 39.0 Å². The number of nitrogens with one attached hydrogen (secondary N) is 2. The van der Waals surface area contributed by atoms with Gasteiger partial charge in [-0.1, -0.05) is 44.2 Å². The number of ether oxygens (including phenoxy) is 1. The van der Waals surface area contributed by atoms with Gasteiger partial charge in [0, 0.05) is 18.7 Å². The third kappa shape index (κ3) is 5.77. The van der Waals surface area contributed by atoms with Gasteiger partial charge in [0.15, 0.2) is 0 Å². The molecule has 1 saturated heterocycles. The first kappa shape index (κ1) is 24.6. The lowest BCUT2D eigenvalue weighted by Crippen LogP contribution is -2.52. The summed E-state index contributed by atoms with van der Waals surface area (Å²) in [6.07, 6.45) is 1.70. The van der Waals surface area contributed by atoms with Gasteiger partial charge in [-0.05, 0) is 49.4 Å².